The smallest absolute Gasteiger partial charge is 0.237 e. The summed E-state index contributed by atoms with van der Waals surface area (Å²) in [4.78, 5) is 26.4. The van der Waals surface area contributed by atoms with Crippen molar-refractivity contribution in [2.75, 3.05) is 13.1 Å². The average molecular weight is 439 g/mol. The summed E-state index contributed by atoms with van der Waals surface area (Å²) in [6.45, 7) is 1.70. The van der Waals surface area contributed by atoms with Gasteiger partial charge in [0.25, 0.3) is 0 Å². The predicted octanol–water partition coefficient (Wildman–Crippen LogP) is -0.146. The summed E-state index contributed by atoms with van der Waals surface area (Å²) < 4.78 is 4.01. The summed E-state index contributed by atoms with van der Waals surface area (Å²) in [6.07, 6.45) is 7.55. The Morgan fingerprint density at radius 2 is 1.25 bits per heavy atom. The van der Waals surface area contributed by atoms with Crippen molar-refractivity contribution in [1.82, 2.24) is 21.3 Å². The quantitative estimate of drug-likeness (QED) is 0.453. The average Bonchev–Trinajstić information content (AvgIpc) is 3.52. The van der Waals surface area contributed by atoms with Crippen LogP contribution in [-0.2, 0) is 23.7 Å². The standard InChI is InChI=1S/C24H32N6O2/c1-29-15-5-3-11-19(29)21(27-23(31)17-9-7-13-25-17)22(20-12-4-6-16-30(20)2)28-24(32)18-10-8-14-26-18/h3-6,11-12,15-18,21-22,25-26H,7-10,13-14H2,1-2H3/p+2/t17?,18?,21-,22-/m1/s1. The molecule has 0 aromatic carbocycles. The van der Waals surface area contributed by atoms with Crippen LogP contribution in [0.2, 0.25) is 0 Å². The van der Waals surface area contributed by atoms with Crippen molar-refractivity contribution in [2.45, 2.75) is 49.9 Å². The minimum atomic E-state index is -0.435. The van der Waals surface area contributed by atoms with Crippen LogP contribution in [0.3, 0.4) is 0 Å². The van der Waals surface area contributed by atoms with E-state index in [2.05, 4.69) is 21.3 Å². The van der Waals surface area contributed by atoms with E-state index in [-0.39, 0.29) is 23.9 Å². The Morgan fingerprint density at radius 3 is 1.59 bits per heavy atom. The lowest BCUT2D eigenvalue weighted by Crippen LogP contribution is -2.54. The maximum Gasteiger partial charge on any atom is 0.237 e. The summed E-state index contributed by atoms with van der Waals surface area (Å²) in [5, 5.41) is 13.1. The molecule has 2 amide bonds. The molecule has 8 heteroatoms. The van der Waals surface area contributed by atoms with Crippen LogP contribution >= 0.6 is 0 Å². The van der Waals surface area contributed by atoms with Gasteiger partial charge >= 0.3 is 0 Å². The Labute approximate surface area is 189 Å². The number of amides is 2. The van der Waals surface area contributed by atoms with E-state index >= 15 is 0 Å². The maximum atomic E-state index is 13.2. The number of nitrogens with one attached hydrogen (secondary N) is 4. The van der Waals surface area contributed by atoms with Crippen LogP contribution in [-0.4, -0.2) is 37.0 Å². The topological polar surface area (TPSA) is 90.0 Å². The number of pyridine rings is 2. The molecule has 2 aromatic rings. The van der Waals surface area contributed by atoms with Gasteiger partial charge in [-0.05, 0) is 38.8 Å². The molecule has 4 rings (SSSR count). The fourth-order valence-electron chi connectivity index (χ4n) is 4.70. The van der Waals surface area contributed by atoms with Crippen molar-refractivity contribution in [3.05, 3.63) is 60.2 Å². The highest BCUT2D eigenvalue weighted by molar-refractivity contribution is 5.84. The molecule has 0 saturated carbocycles. The molecule has 170 valence electrons. The van der Waals surface area contributed by atoms with Gasteiger partial charge in [0.05, 0.1) is 12.1 Å². The van der Waals surface area contributed by atoms with Crippen molar-refractivity contribution >= 4 is 11.8 Å². The van der Waals surface area contributed by atoms with Gasteiger partial charge in [0.2, 0.25) is 23.2 Å². The van der Waals surface area contributed by atoms with Crippen LogP contribution < -0.4 is 30.4 Å². The van der Waals surface area contributed by atoms with Crippen LogP contribution in [0, 0.1) is 0 Å². The van der Waals surface area contributed by atoms with Gasteiger partial charge in [0, 0.05) is 24.3 Å². The van der Waals surface area contributed by atoms with Gasteiger partial charge in [0.1, 0.15) is 26.2 Å². The van der Waals surface area contributed by atoms with Gasteiger partial charge in [-0.15, -0.1) is 0 Å². The SMILES string of the molecule is C[n+]1ccccc1[C@@H](NC(=O)C1CCCN1)[C@H](NC(=O)C1CCCN1)c1cccc[n+]1C. The van der Waals surface area contributed by atoms with Crippen LogP contribution in [0.15, 0.2) is 48.8 Å². The van der Waals surface area contributed by atoms with E-state index < -0.39 is 12.1 Å². The van der Waals surface area contributed by atoms with Gasteiger partial charge in [-0.3, -0.25) is 9.59 Å². The first-order valence-electron chi connectivity index (χ1n) is 11.5. The van der Waals surface area contributed by atoms with E-state index in [9.17, 15) is 9.59 Å². The minimum absolute atomic E-state index is 0.0341. The van der Waals surface area contributed by atoms with Crippen LogP contribution in [0.5, 0.6) is 0 Å². The van der Waals surface area contributed by atoms with Gasteiger partial charge in [-0.2, -0.15) is 0 Å². The lowest BCUT2D eigenvalue weighted by Gasteiger charge is -2.27. The van der Waals surface area contributed by atoms with Crippen LogP contribution in [0.1, 0.15) is 49.2 Å². The summed E-state index contributed by atoms with van der Waals surface area (Å²) >= 11 is 0. The van der Waals surface area contributed by atoms with Crippen molar-refractivity contribution in [2.24, 2.45) is 14.1 Å². The number of carbonyl (C=O) groups excluding carboxylic acids is 2. The fraction of sp³-hybridized carbons (Fsp3) is 0.500. The summed E-state index contributed by atoms with van der Waals surface area (Å²) in [5.74, 6) is -0.0682. The Kier molecular flexibility index (Phi) is 7.12. The normalized spacial score (nSPS) is 22.3. The number of rotatable bonds is 7. The highest BCUT2D eigenvalue weighted by Gasteiger charge is 2.40. The molecule has 8 nitrogen and oxygen atoms in total. The molecule has 0 bridgehead atoms. The lowest BCUT2D eigenvalue weighted by atomic mass is 9.97. The second-order valence-corrected chi connectivity index (χ2v) is 8.74. The first kappa shape index (κ1) is 22.4. The molecule has 2 fully saturated rings. The summed E-state index contributed by atoms with van der Waals surface area (Å²) in [5.41, 5.74) is 1.85. The van der Waals surface area contributed by atoms with Crippen LogP contribution in [0.4, 0.5) is 0 Å². The van der Waals surface area contributed by atoms with Gasteiger partial charge < -0.3 is 21.3 Å². The molecule has 4 heterocycles. The first-order valence-corrected chi connectivity index (χ1v) is 11.5. The number of aryl methyl sites for hydroxylation is 2. The summed E-state index contributed by atoms with van der Waals surface area (Å²) in [6, 6.07) is 10.6. The molecule has 4 atom stereocenters. The van der Waals surface area contributed by atoms with E-state index in [1.165, 1.54) is 0 Å². The maximum absolute atomic E-state index is 13.2. The first-order chi connectivity index (χ1) is 15.5. The third-order valence-electron chi connectivity index (χ3n) is 6.51. The molecule has 2 aliphatic heterocycles. The zero-order chi connectivity index (χ0) is 22.5. The van der Waals surface area contributed by atoms with E-state index in [0.717, 1.165) is 50.2 Å². The predicted molar refractivity (Wildman–Crippen MR) is 119 cm³/mol. The zero-order valence-electron chi connectivity index (χ0n) is 18.9. The summed E-state index contributed by atoms with van der Waals surface area (Å²) in [7, 11) is 3.93. The highest BCUT2D eigenvalue weighted by Crippen LogP contribution is 2.26. The monoisotopic (exact) mass is 438 g/mol. The molecule has 2 aliphatic rings. The third-order valence-corrected chi connectivity index (χ3v) is 6.51. The number of carbonyl (C=O) groups is 2. The molecule has 32 heavy (non-hydrogen) atoms. The number of hydrogen-bond donors (Lipinski definition) is 4. The van der Waals surface area contributed by atoms with E-state index in [1.807, 2.05) is 72.0 Å². The Balaban J connectivity index is 1.72. The number of nitrogens with zero attached hydrogens (tertiary/aromatic N) is 2. The molecule has 0 spiro atoms. The largest absolute Gasteiger partial charge is 0.340 e. The second-order valence-electron chi connectivity index (χ2n) is 8.74. The Morgan fingerprint density at radius 1 is 0.812 bits per heavy atom. The molecule has 4 N–H and O–H groups in total. The van der Waals surface area contributed by atoms with Gasteiger partial charge in [-0.25, -0.2) is 9.13 Å². The minimum Gasteiger partial charge on any atom is -0.340 e. The lowest BCUT2D eigenvalue weighted by molar-refractivity contribution is -0.686. The Bertz CT molecular complexity index is 876. The highest BCUT2D eigenvalue weighted by atomic mass is 16.2. The van der Waals surface area contributed by atoms with E-state index in [1.54, 1.807) is 0 Å². The number of aromatic nitrogens is 2. The number of hydrogen-bond acceptors (Lipinski definition) is 4. The molecule has 2 aromatic heterocycles. The Hall–Kier alpha value is -2.84. The molecular weight excluding hydrogens is 404 g/mol. The fourth-order valence-corrected chi connectivity index (χ4v) is 4.70. The van der Waals surface area contributed by atoms with Gasteiger partial charge in [0.15, 0.2) is 12.4 Å². The molecule has 0 radical (unpaired) electrons. The van der Waals surface area contributed by atoms with Crippen molar-refractivity contribution < 1.29 is 18.7 Å². The molecular formula is C24H34N6O2+2. The van der Waals surface area contributed by atoms with Crippen molar-refractivity contribution in [3.63, 3.8) is 0 Å². The van der Waals surface area contributed by atoms with Gasteiger partial charge in [-0.1, -0.05) is 12.1 Å². The van der Waals surface area contributed by atoms with E-state index in [4.69, 9.17) is 0 Å². The molecule has 0 aliphatic carbocycles. The molecule has 2 unspecified atom stereocenters. The van der Waals surface area contributed by atoms with Crippen molar-refractivity contribution in [1.29, 1.82) is 0 Å². The zero-order valence-corrected chi connectivity index (χ0v) is 18.9. The van der Waals surface area contributed by atoms with Crippen molar-refractivity contribution in [3.8, 4) is 0 Å². The molecule has 2 saturated heterocycles. The van der Waals surface area contributed by atoms with Crippen LogP contribution in [0.25, 0.3) is 0 Å². The second kappa shape index (κ2) is 10.2. The van der Waals surface area contributed by atoms with E-state index in [0.29, 0.717) is 0 Å². The third kappa shape index (κ3) is 4.97.